The first-order valence-electron chi connectivity index (χ1n) is 6.22. The number of carbonyl (C=O) groups excluding carboxylic acids is 3. The predicted molar refractivity (Wildman–Crippen MR) is 67.1 cm³/mol. The summed E-state index contributed by atoms with van der Waals surface area (Å²) >= 11 is 0. The van der Waals surface area contributed by atoms with Gasteiger partial charge in [0.1, 0.15) is 5.76 Å². The molecule has 106 valence electrons. The summed E-state index contributed by atoms with van der Waals surface area (Å²) in [6.07, 6.45) is 0.802. The van der Waals surface area contributed by atoms with Crippen molar-refractivity contribution in [2.75, 3.05) is 14.2 Å². The number of carbonyl (C=O) groups is 3. The van der Waals surface area contributed by atoms with Crippen LogP contribution in [-0.2, 0) is 19.2 Å². The standard InChI is InChI=1S/C13H19NO5/c1-4-5-9(15)12-10(16)6-8(7-11(12)17)13(18)14(2)19-3/h8,15H,4-7H2,1-3H3. The fourth-order valence-corrected chi connectivity index (χ4v) is 2.08. The van der Waals surface area contributed by atoms with Gasteiger partial charge in [0.25, 0.3) is 0 Å². The van der Waals surface area contributed by atoms with Crippen LogP contribution in [0.3, 0.4) is 0 Å². The summed E-state index contributed by atoms with van der Waals surface area (Å²) in [5.74, 6) is -2.21. The molecule has 0 bridgehead atoms. The molecule has 0 saturated heterocycles. The summed E-state index contributed by atoms with van der Waals surface area (Å²) < 4.78 is 0. The lowest BCUT2D eigenvalue weighted by Gasteiger charge is -2.25. The van der Waals surface area contributed by atoms with E-state index in [9.17, 15) is 19.5 Å². The van der Waals surface area contributed by atoms with E-state index in [2.05, 4.69) is 0 Å². The molecule has 0 aromatic rings. The van der Waals surface area contributed by atoms with E-state index in [1.807, 2.05) is 6.92 Å². The third-order valence-electron chi connectivity index (χ3n) is 3.13. The fraction of sp³-hybridized carbons (Fsp3) is 0.615. The third kappa shape index (κ3) is 3.41. The first-order valence-corrected chi connectivity index (χ1v) is 6.22. The molecule has 0 atom stereocenters. The molecule has 0 aliphatic heterocycles. The normalized spacial score (nSPS) is 19.5. The summed E-state index contributed by atoms with van der Waals surface area (Å²) in [7, 11) is 2.76. The molecule has 0 aromatic heterocycles. The molecule has 1 rings (SSSR count). The summed E-state index contributed by atoms with van der Waals surface area (Å²) in [5, 5.41) is 10.7. The van der Waals surface area contributed by atoms with Crippen LogP contribution in [0.15, 0.2) is 11.3 Å². The average Bonchev–Trinajstić information content (AvgIpc) is 2.36. The highest BCUT2D eigenvalue weighted by atomic mass is 16.7. The van der Waals surface area contributed by atoms with Gasteiger partial charge in [0.15, 0.2) is 11.6 Å². The highest BCUT2D eigenvalue weighted by Gasteiger charge is 2.37. The molecular weight excluding hydrogens is 250 g/mol. The molecule has 1 saturated carbocycles. The number of hydrogen-bond acceptors (Lipinski definition) is 5. The Bertz CT molecular complexity index is 407. The van der Waals surface area contributed by atoms with Crippen LogP contribution in [0.2, 0.25) is 0 Å². The van der Waals surface area contributed by atoms with E-state index < -0.39 is 23.4 Å². The second kappa shape index (κ2) is 6.47. The highest BCUT2D eigenvalue weighted by Crippen LogP contribution is 2.27. The van der Waals surface area contributed by atoms with Crippen LogP contribution >= 0.6 is 0 Å². The van der Waals surface area contributed by atoms with Crippen LogP contribution in [0, 0.1) is 5.92 Å². The molecule has 0 spiro atoms. The van der Waals surface area contributed by atoms with Gasteiger partial charge >= 0.3 is 0 Å². The summed E-state index contributed by atoms with van der Waals surface area (Å²) in [4.78, 5) is 40.4. The molecule has 1 amide bonds. The number of allylic oxidation sites excluding steroid dienone is 2. The van der Waals surface area contributed by atoms with Crippen molar-refractivity contribution in [3.8, 4) is 0 Å². The van der Waals surface area contributed by atoms with Gasteiger partial charge in [-0.15, -0.1) is 0 Å². The average molecular weight is 269 g/mol. The number of hydrogen-bond donors (Lipinski definition) is 1. The van der Waals surface area contributed by atoms with Crippen LogP contribution < -0.4 is 0 Å². The maximum atomic E-state index is 11.9. The van der Waals surface area contributed by atoms with Gasteiger partial charge in [0.2, 0.25) is 5.91 Å². The van der Waals surface area contributed by atoms with E-state index in [4.69, 9.17) is 4.84 Å². The van der Waals surface area contributed by atoms with Crippen molar-refractivity contribution in [2.24, 2.45) is 5.92 Å². The van der Waals surface area contributed by atoms with Crippen LogP contribution in [0.4, 0.5) is 0 Å². The Kier molecular flexibility index (Phi) is 5.23. The number of aliphatic hydroxyl groups excluding tert-OH is 1. The number of aliphatic hydroxyl groups is 1. The molecule has 1 N–H and O–H groups in total. The Morgan fingerprint density at radius 1 is 1.37 bits per heavy atom. The minimum Gasteiger partial charge on any atom is -0.511 e. The van der Waals surface area contributed by atoms with Gasteiger partial charge in [-0.1, -0.05) is 6.92 Å². The predicted octanol–water partition coefficient (Wildman–Crippen LogP) is 1.17. The Labute approximate surface area is 112 Å². The third-order valence-corrected chi connectivity index (χ3v) is 3.13. The zero-order valence-corrected chi connectivity index (χ0v) is 11.4. The van der Waals surface area contributed by atoms with Crippen molar-refractivity contribution in [3.63, 3.8) is 0 Å². The number of Topliss-reactive ketones (excluding diaryl/α,β-unsaturated/α-hetero) is 2. The molecule has 0 aromatic carbocycles. The van der Waals surface area contributed by atoms with Crippen molar-refractivity contribution in [2.45, 2.75) is 32.6 Å². The van der Waals surface area contributed by atoms with E-state index in [0.717, 1.165) is 5.06 Å². The van der Waals surface area contributed by atoms with Crippen LogP contribution in [-0.4, -0.2) is 41.8 Å². The number of amides is 1. The summed E-state index contributed by atoms with van der Waals surface area (Å²) in [6, 6.07) is 0. The van der Waals surface area contributed by atoms with Gasteiger partial charge in [-0.3, -0.25) is 19.2 Å². The maximum absolute atomic E-state index is 11.9. The lowest BCUT2D eigenvalue weighted by Crippen LogP contribution is -2.38. The van der Waals surface area contributed by atoms with Gasteiger partial charge in [0, 0.05) is 26.3 Å². The minimum absolute atomic E-state index is 0.0681. The number of nitrogens with zero attached hydrogens (tertiary/aromatic N) is 1. The number of ketones is 2. The molecule has 1 fully saturated rings. The first-order chi connectivity index (χ1) is 8.92. The van der Waals surface area contributed by atoms with Crippen molar-refractivity contribution < 1.29 is 24.3 Å². The van der Waals surface area contributed by atoms with Gasteiger partial charge in [-0.05, 0) is 6.42 Å². The van der Waals surface area contributed by atoms with Gasteiger partial charge in [-0.2, -0.15) is 0 Å². The van der Waals surface area contributed by atoms with Gasteiger partial charge in [0.05, 0.1) is 18.6 Å². The Hall–Kier alpha value is -1.69. The highest BCUT2D eigenvalue weighted by molar-refractivity contribution is 6.23. The lowest BCUT2D eigenvalue weighted by molar-refractivity contribution is -0.175. The molecule has 1 aliphatic carbocycles. The molecule has 0 heterocycles. The van der Waals surface area contributed by atoms with E-state index >= 15 is 0 Å². The van der Waals surface area contributed by atoms with Crippen LogP contribution in [0.1, 0.15) is 32.6 Å². The molecule has 6 nitrogen and oxygen atoms in total. The molecule has 0 radical (unpaired) electrons. The molecular formula is C13H19NO5. The quantitative estimate of drug-likeness (QED) is 0.358. The van der Waals surface area contributed by atoms with Crippen molar-refractivity contribution >= 4 is 17.5 Å². The Morgan fingerprint density at radius 2 is 1.89 bits per heavy atom. The molecule has 19 heavy (non-hydrogen) atoms. The zero-order valence-electron chi connectivity index (χ0n) is 11.4. The first kappa shape index (κ1) is 15.4. The minimum atomic E-state index is -0.705. The van der Waals surface area contributed by atoms with Crippen molar-refractivity contribution in [1.29, 1.82) is 0 Å². The summed E-state index contributed by atoms with van der Waals surface area (Å²) in [6.45, 7) is 1.84. The zero-order chi connectivity index (χ0) is 14.6. The monoisotopic (exact) mass is 269 g/mol. The van der Waals surface area contributed by atoms with Crippen LogP contribution in [0.25, 0.3) is 0 Å². The lowest BCUT2D eigenvalue weighted by atomic mass is 9.82. The van der Waals surface area contributed by atoms with E-state index in [1.165, 1.54) is 14.2 Å². The SMILES string of the molecule is CCCC(O)=C1C(=O)CC(C(=O)N(C)OC)CC1=O. The Morgan fingerprint density at radius 3 is 2.32 bits per heavy atom. The smallest absolute Gasteiger partial charge is 0.249 e. The van der Waals surface area contributed by atoms with E-state index in [1.54, 1.807) is 0 Å². The van der Waals surface area contributed by atoms with E-state index in [-0.39, 0.29) is 24.2 Å². The maximum Gasteiger partial charge on any atom is 0.249 e. The Balaban J connectivity index is 2.88. The number of hydroxylamine groups is 2. The summed E-state index contributed by atoms with van der Waals surface area (Å²) in [5.41, 5.74) is -0.133. The topological polar surface area (TPSA) is 83.9 Å². The van der Waals surface area contributed by atoms with Gasteiger partial charge in [-0.25, -0.2) is 5.06 Å². The largest absolute Gasteiger partial charge is 0.511 e. The molecule has 1 aliphatic rings. The second-order valence-electron chi connectivity index (χ2n) is 4.54. The number of rotatable bonds is 4. The van der Waals surface area contributed by atoms with Crippen molar-refractivity contribution in [3.05, 3.63) is 11.3 Å². The fourth-order valence-electron chi connectivity index (χ4n) is 2.08. The second-order valence-corrected chi connectivity index (χ2v) is 4.54. The van der Waals surface area contributed by atoms with E-state index in [0.29, 0.717) is 12.8 Å². The van der Waals surface area contributed by atoms with Gasteiger partial charge < -0.3 is 5.11 Å². The molecule has 0 unspecified atom stereocenters. The molecule has 6 heteroatoms. The van der Waals surface area contributed by atoms with Crippen LogP contribution in [0.5, 0.6) is 0 Å². The van der Waals surface area contributed by atoms with Crippen molar-refractivity contribution in [1.82, 2.24) is 5.06 Å².